The van der Waals surface area contributed by atoms with Gasteiger partial charge < -0.3 is 14.7 Å². The van der Waals surface area contributed by atoms with E-state index in [-0.39, 0.29) is 18.9 Å². The molecule has 1 fully saturated rings. The Morgan fingerprint density at radius 1 is 1.38 bits per heavy atom. The molecule has 0 radical (unpaired) electrons. The molecule has 0 bridgehead atoms. The second-order valence-electron chi connectivity index (χ2n) is 5.71. The summed E-state index contributed by atoms with van der Waals surface area (Å²) < 4.78 is 5.51. The second kappa shape index (κ2) is 7.14. The summed E-state index contributed by atoms with van der Waals surface area (Å²) in [5.41, 5.74) is -0.700. The Kier molecular flexibility index (Phi) is 5.48. The molecule has 0 spiro atoms. The molecule has 2 rings (SSSR count). The van der Waals surface area contributed by atoms with E-state index < -0.39 is 5.60 Å². The van der Waals surface area contributed by atoms with Crippen LogP contribution in [0.15, 0.2) is 24.3 Å². The maximum atomic E-state index is 12.0. The predicted molar refractivity (Wildman–Crippen MR) is 82.6 cm³/mol. The number of likely N-dealkylation sites (N-methyl/N-ethyl adjacent to an activating group) is 1. The van der Waals surface area contributed by atoms with E-state index in [2.05, 4.69) is 0 Å². The summed E-state index contributed by atoms with van der Waals surface area (Å²) in [6.45, 7) is 0.684. The van der Waals surface area contributed by atoms with Crippen LogP contribution in [0.1, 0.15) is 32.1 Å². The van der Waals surface area contributed by atoms with E-state index in [9.17, 15) is 9.90 Å². The molecular weight excluding hydrogens is 290 g/mol. The number of ether oxygens (including phenoxy) is 1. The normalized spacial score (nSPS) is 16.7. The fourth-order valence-electron chi connectivity index (χ4n) is 2.72. The Morgan fingerprint density at radius 2 is 2.05 bits per heavy atom. The molecule has 0 aromatic heterocycles. The number of hydrogen-bond donors (Lipinski definition) is 1. The van der Waals surface area contributed by atoms with Crippen LogP contribution in [-0.4, -0.2) is 41.7 Å². The quantitative estimate of drug-likeness (QED) is 0.879. The monoisotopic (exact) mass is 311 g/mol. The Bertz CT molecular complexity index is 486. The molecule has 1 aliphatic rings. The highest BCUT2D eigenvalue weighted by Crippen LogP contribution is 2.30. The third kappa shape index (κ3) is 4.61. The van der Waals surface area contributed by atoms with Crippen molar-refractivity contribution in [3.05, 3.63) is 29.3 Å². The van der Waals surface area contributed by atoms with Gasteiger partial charge in [0.1, 0.15) is 5.75 Å². The number of hydrogen-bond acceptors (Lipinski definition) is 3. The summed E-state index contributed by atoms with van der Waals surface area (Å²) in [6, 6.07) is 7.19. The van der Waals surface area contributed by atoms with Gasteiger partial charge in [-0.15, -0.1) is 0 Å². The van der Waals surface area contributed by atoms with E-state index >= 15 is 0 Å². The summed E-state index contributed by atoms with van der Waals surface area (Å²) in [4.78, 5) is 13.6. The van der Waals surface area contributed by atoms with Gasteiger partial charge in [0.25, 0.3) is 0 Å². The molecule has 1 amide bonds. The summed E-state index contributed by atoms with van der Waals surface area (Å²) in [5, 5.41) is 10.8. The maximum Gasteiger partial charge on any atom is 0.225 e. The van der Waals surface area contributed by atoms with Crippen LogP contribution in [0.4, 0.5) is 0 Å². The zero-order valence-electron chi connectivity index (χ0n) is 12.3. The van der Waals surface area contributed by atoms with E-state index in [1.807, 2.05) is 12.1 Å². The lowest BCUT2D eigenvalue weighted by Crippen LogP contribution is -2.42. The summed E-state index contributed by atoms with van der Waals surface area (Å²) >= 11 is 5.98. The number of nitrogens with zero attached hydrogens (tertiary/aromatic N) is 1. The number of aliphatic hydroxyl groups is 1. The molecule has 0 saturated heterocycles. The molecule has 4 nitrogen and oxygen atoms in total. The molecule has 1 aromatic rings. The lowest BCUT2D eigenvalue weighted by Gasteiger charge is -2.28. The van der Waals surface area contributed by atoms with E-state index in [1.165, 1.54) is 0 Å². The minimum absolute atomic E-state index is 0.0256. The highest BCUT2D eigenvalue weighted by Gasteiger charge is 2.33. The molecule has 5 heteroatoms. The van der Waals surface area contributed by atoms with Gasteiger partial charge in [-0.25, -0.2) is 0 Å². The molecule has 1 aliphatic carbocycles. The van der Waals surface area contributed by atoms with Crippen LogP contribution in [0.3, 0.4) is 0 Å². The number of halogens is 1. The van der Waals surface area contributed by atoms with Crippen LogP contribution in [0.25, 0.3) is 0 Å². The van der Waals surface area contributed by atoms with Crippen LogP contribution in [0, 0.1) is 0 Å². The Morgan fingerprint density at radius 3 is 2.71 bits per heavy atom. The summed E-state index contributed by atoms with van der Waals surface area (Å²) in [5.74, 6) is 0.561. The van der Waals surface area contributed by atoms with Crippen molar-refractivity contribution in [2.45, 2.75) is 37.7 Å². The Hall–Kier alpha value is -1.26. The van der Waals surface area contributed by atoms with Crippen LogP contribution in [-0.2, 0) is 4.79 Å². The molecule has 21 heavy (non-hydrogen) atoms. The van der Waals surface area contributed by atoms with Crippen molar-refractivity contribution in [2.24, 2.45) is 0 Å². The molecule has 1 aromatic carbocycles. The highest BCUT2D eigenvalue weighted by molar-refractivity contribution is 6.32. The fraction of sp³-hybridized carbons (Fsp3) is 0.562. The van der Waals surface area contributed by atoms with E-state index in [4.69, 9.17) is 16.3 Å². The maximum absolute atomic E-state index is 12.0. The van der Waals surface area contributed by atoms with Gasteiger partial charge >= 0.3 is 0 Å². The summed E-state index contributed by atoms with van der Waals surface area (Å²) in [7, 11) is 1.73. The largest absolute Gasteiger partial charge is 0.491 e. The zero-order valence-corrected chi connectivity index (χ0v) is 13.1. The van der Waals surface area contributed by atoms with Crippen molar-refractivity contribution in [2.75, 3.05) is 20.2 Å². The average molecular weight is 312 g/mol. The standard InChI is InChI=1S/C16H22ClNO3/c1-18(12-16(20)9-4-5-10-16)15(19)8-11-21-14-7-3-2-6-13(14)17/h2-3,6-7,20H,4-5,8-12H2,1H3. The van der Waals surface area contributed by atoms with Crippen molar-refractivity contribution < 1.29 is 14.6 Å². The minimum Gasteiger partial charge on any atom is -0.491 e. The van der Waals surface area contributed by atoms with E-state index in [0.29, 0.717) is 17.3 Å². The van der Waals surface area contributed by atoms with E-state index in [1.54, 1.807) is 24.1 Å². The van der Waals surface area contributed by atoms with Gasteiger partial charge in [-0.3, -0.25) is 4.79 Å². The summed E-state index contributed by atoms with van der Waals surface area (Å²) in [6.07, 6.45) is 3.90. The van der Waals surface area contributed by atoms with E-state index in [0.717, 1.165) is 25.7 Å². The minimum atomic E-state index is -0.700. The van der Waals surface area contributed by atoms with Gasteiger partial charge in [-0.2, -0.15) is 0 Å². The molecule has 1 N–H and O–H groups in total. The first-order chi connectivity index (χ1) is 10.0. The average Bonchev–Trinajstić information content (AvgIpc) is 2.87. The van der Waals surface area contributed by atoms with Gasteiger partial charge in [0, 0.05) is 13.6 Å². The topological polar surface area (TPSA) is 49.8 Å². The lowest BCUT2D eigenvalue weighted by molar-refractivity contribution is -0.133. The molecule has 0 aliphatic heterocycles. The molecule has 1 saturated carbocycles. The third-order valence-electron chi connectivity index (χ3n) is 3.90. The SMILES string of the molecule is CN(CC1(O)CCCC1)C(=O)CCOc1ccccc1Cl. The molecule has 116 valence electrons. The predicted octanol–water partition coefficient (Wildman–Crippen LogP) is 2.87. The Labute approximate surface area is 130 Å². The number of amides is 1. The number of para-hydroxylation sites is 1. The van der Waals surface area contributed by atoms with Crippen molar-refractivity contribution in [3.63, 3.8) is 0 Å². The highest BCUT2D eigenvalue weighted by atomic mass is 35.5. The van der Waals surface area contributed by atoms with Gasteiger partial charge in [0.05, 0.1) is 23.7 Å². The van der Waals surface area contributed by atoms with Crippen LogP contribution in [0.2, 0.25) is 5.02 Å². The van der Waals surface area contributed by atoms with Gasteiger partial charge in [-0.05, 0) is 25.0 Å². The van der Waals surface area contributed by atoms with Crippen molar-refractivity contribution in [3.8, 4) is 5.75 Å². The molecule has 0 heterocycles. The van der Waals surface area contributed by atoms with Crippen LogP contribution >= 0.6 is 11.6 Å². The van der Waals surface area contributed by atoms with Gasteiger partial charge in [0.15, 0.2) is 0 Å². The van der Waals surface area contributed by atoms with Crippen molar-refractivity contribution in [1.29, 1.82) is 0 Å². The van der Waals surface area contributed by atoms with Crippen LogP contribution < -0.4 is 4.74 Å². The Balaban J connectivity index is 1.75. The van der Waals surface area contributed by atoms with Crippen LogP contribution in [0.5, 0.6) is 5.75 Å². The first kappa shape index (κ1) is 16.1. The smallest absolute Gasteiger partial charge is 0.225 e. The van der Waals surface area contributed by atoms with Gasteiger partial charge in [0.2, 0.25) is 5.91 Å². The first-order valence-electron chi connectivity index (χ1n) is 7.34. The zero-order chi connectivity index (χ0) is 15.3. The number of carbonyl (C=O) groups is 1. The fourth-order valence-corrected chi connectivity index (χ4v) is 2.91. The lowest BCUT2D eigenvalue weighted by atomic mass is 10.0. The number of rotatable bonds is 6. The van der Waals surface area contributed by atoms with Crippen molar-refractivity contribution >= 4 is 17.5 Å². The second-order valence-corrected chi connectivity index (χ2v) is 6.12. The van der Waals surface area contributed by atoms with Gasteiger partial charge in [-0.1, -0.05) is 36.6 Å². The first-order valence-corrected chi connectivity index (χ1v) is 7.72. The third-order valence-corrected chi connectivity index (χ3v) is 4.21. The van der Waals surface area contributed by atoms with Crippen molar-refractivity contribution in [1.82, 2.24) is 4.90 Å². The molecule has 0 atom stereocenters. The molecular formula is C16H22ClNO3. The number of carbonyl (C=O) groups excluding carboxylic acids is 1. The number of benzene rings is 1. The molecule has 0 unspecified atom stereocenters.